The molecule has 0 aromatic heterocycles. The molecule has 3 rings (SSSR count). The van der Waals surface area contributed by atoms with E-state index >= 15 is 0 Å². The van der Waals surface area contributed by atoms with Gasteiger partial charge in [0.15, 0.2) is 11.6 Å². The zero-order valence-corrected chi connectivity index (χ0v) is 11.6. The Kier molecular flexibility index (Phi) is 3.88. The summed E-state index contributed by atoms with van der Waals surface area (Å²) in [5, 5.41) is 0. The second kappa shape index (κ2) is 5.82. The maximum atomic E-state index is 13.8. The predicted molar refractivity (Wildman–Crippen MR) is 77.2 cm³/mol. The van der Waals surface area contributed by atoms with Crippen molar-refractivity contribution in [3.8, 4) is 5.75 Å². The minimum absolute atomic E-state index is 0.239. The van der Waals surface area contributed by atoms with Crippen LogP contribution < -0.4 is 10.5 Å². The van der Waals surface area contributed by atoms with E-state index in [1.165, 1.54) is 6.07 Å². The summed E-state index contributed by atoms with van der Waals surface area (Å²) in [6.07, 6.45) is 2.19. The van der Waals surface area contributed by atoms with Gasteiger partial charge in [0.2, 0.25) is 0 Å². The molecule has 0 bridgehead atoms. The minimum Gasteiger partial charge on any atom is -0.493 e. The molecule has 2 aromatic rings. The lowest BCUT2D eigenvalue weighted by atomic mass is 9.94. The lowest BCUT2D eigenvalue weighted by Crippen LogP contribution is -2.18. The van der Waals surface area contributed by atoms with E-state index in [4.69, 9.17) is 10.5 Å². The van der Waals surface area contributed by atoms with Crippen molar-refractivity contribution in [2.24, 2.45) is 5.73 Å². The van der Waals surface area contributed by atoms with E-state index in [-0.39, 0.29) is 12.0 Å². The maximum absolute atomic E-state index is 13.8. The van der Waals surface area contributed by atoms with E-state index in [2.05, 4.69) is 0 Å². The third-order valence-electron chi connectivity index (χ3n) is 3.83. The number of nitrogens with two attached hydrogens (primary N) is 1. The second-order valence-corrected chi connectivity index (χ2v) is 5.31. The molecule has 1 heterocycles. The van der Waals surface area contributed by atoms with Crippen LogP contribution in [0.4, 0.5) is 8.78 Å². The van der Waals surface area contributed by atoms with Crippen molar-refractivity contribution in [2.75, 3.05) is 6.61 Å². The molecule has 2 nitrogen and oxygen atoms in total. The Morgan fingerprint density at radius 1 is 1.14 bits per heavy atom. The first-order valence-electron chi connectivity index (χ1n) is 7.10. The van der Waals surface area contributed by atoms with Crippen molar-refractivity contribution < 1.29 is 13.5 Å². The van der Waals surface area contributed by atoms with Crippen molar-refractivity contribution in [2.45, 2.75) is 25.3 Å². The number of para-hydroxylation sites is 1. The van der Waals surface area contributed by atoms with Crippen molar-refractivity contribution >= 4 is 0 Å². The first-order valence-corrected chi connectivity index (χ1v) is 7.10. The molecule has 1 aliphatic rings. The molecule has 0 aliphatic carbocycles. The Hall–Kier alpha value is -1.94. The van der Waals surface area contributed by atoms with Crippen LogP contribution in [-0.4, -0.2) is 6.61 Å². The number of halogens is 2. The van der Waals surface area contributed by atoms with Crippen molar-refractivity contribution in [1.29, 1.82) is 0 Å². The molecule has 4 heteroatoms. The highest BCUT2D eigenvalue weighted by Gasteiger charge is 2.20. The zero-order valence-electron chi connectivity index (χ0n) is 11.6. The van der Waals surface area contributed by atoms with Gasteiger partial charge in [-0.05, 0) is 36.5 Å². The smallest absolute Gasteiger partial charge is 0.162 e. The number of rotatable bonds is 3. The highest BCUT2D eigenvalue weighted by molar-refractivity contribution is 5.45. The summed E-state index contributed by atoms with van der Waals surface area (Å²) in [4.78, 5) is 0. The summed E-state index contributed by atoms with van der Waals surface area (Å²) in [6, 6.07) is 9.60. The van der Waals surface area contributed by atoms with Crippen LogP contribution in [0.3, 0.4) is 0 Å². The van der Waals surface area contributed by atoms with E-state index in [0.29, 0.717) is 6.61 Å². The van der Waals surface area contributed by atoms with Gasteiger partial charge >= 0.3 is 0 Å². The molecule has 1 aliphatic heterocycles. The van der Waals surface area contributed by atoms with Crippen molar-refractivity contribution in [3.63, 3.8) is 0 Å². The largest absolute Gasteiger partial charge is 0.493 e. The fourth-order valence-corrected chi connectivity index (χ4v) is 2.76. The zero-order chi connectivity index (χ0) is 14.8. The molecule has 0 spiro atoms. The summed E-state index contributed by atoms with van der Waals surface area (Å²) < 4.78 is 32.7. The molecule has 0 radical (unpaired) electrons. The van der Waals surface area contributed by atoms with Gasteiger partial charge in [0.25, 0.3) is 0 Å². The third kappa shape index (κ3) is 2.76. The van der Waals surface area contributed by atoms with Crippen LogP contribution in [0, 0.1) is 11.6 Å². The summed E-state index contributed by atoms with van der Waals surface area (Å²) in [5.41, 5.74) is 8.48. The highest BCUT2D eigenvalue weighted by Crippen LogP contribution is 2.33. The first kappa shape index (κ1) is 14.0. The normalized spacial score (nSPS) is 15.2. The van der Waals surface area contributed by atoms with Gasteiger partial charge in [-0.15, -0.1) is 0 Å². The average molecular weight is 289 g/mol. The molecule has 21 heavy (non-hydrogen) atoms. The van der Waals surface area contributed by atoms with E-state index < -0.39 is 17.7 Å². The fraction of sp³-hybridized carbons (Fsp3) is 0.294. The number of benzene rings is 2. The Labute approximate surface area is 122 Å². The van der Waals surface area contributed by atoms with E-state index in [1.807, 2.05) is 18.2 Å². The Balaban J connectivity index is 1.89. The summed E-state index contributed by atoms with van der Waals surface area (Å²) in [6.45, 7) is 0.672. The van der Waals surface area contributed by atoms with Crippen LogP contribution >= 0.6 is 0 Å². The minimum atomic E-state index is -0.842. The van der Waals surface area contributed by atoms with Gasteiger partial charge in [-0.2, -0.15) is 0 Å². The van der Waals surface area contributed by atoms with Crippen LogP contribution in [0.2, 0.25) is 0 Å². The molecule has 2 N–H and O–H groups in total. The molecule has 1 atom stereocenters. The number of hydrogen-bond acceptors (Lipinski definition) is 2. The molecule has 0 fully saturated rings. The summed E-state index contributed by atoms with van der Waals surface area (Å²) >= 11 is 0. The fourth-order valence-electron chi connectivity index (χ4n) is 2.76. The Bertz CT molecular complexity index is 657. The molecular weight excluding hydrogens is 272 g/mol. The van der Waals surface area contributed by atoms with Crippen molar-refractivity contribution in [1.82, 2.24) is 0 Å². The lowest BCUT2D eigenvalue weighted by molar-refractivity contribution is 0.283. The molecule has 110 valence electrons. The average Bonchev–Trinajstić information content (AvgIpc) is 2.51. The van der Waals surface area contributed by atoms with Crippen LogP contribution in [-0.2, 0) is 12.8 Å². The third-order valence-corrected chi connectivity index (χ3v) is 3.83. The lowest BCUT2D eigenvalue weighted by Gasteiger charge is -2.23. The van der Waals surface area contributed by atoms with E-state index in [1.54, 1.807) is 6.07 Å². The molecule has 1 unspecified atom stereocenters. The number of aryl methyl sites for hydroxylation is 1. The highest BCUT2D eigenvalue weighted by atomic mass is 19.2. The summed E-state index contributed by atoms with van der Waals surface area (Å²) in [7, 11) is 0. The van der Waals surface area contributed by atoms with Gasteiger partial charge in [0.05, 0.1) is 6.61 Å². The molecule has 0 amide bonds. The second-order valence-electron chi connectivity index (χ2n) is 5.31. The Morgan fingerprint density at radius 2 is 1.95 bits per heavy atom. The van der Waals surface area contributed by atoms with Gasteiger partial charge in [-0.3, -0.25) is 0 Å². The summed E-state index contributed by atoms with van der Waals surface area (Å²) in [5.74, 6) is -0.849. The number of ether oxygens (including phenoxy) is 1. The van der Waals surface area contributed by atoms with Crippen LogP contribution in [0.5, 0.6) is 5.75 Å². The van der Waals surface area contributed by atoms with Gasteiger partial charge in [-0.25, -0.2) is 8.78 Å². The van der Waals surface area contributed by atoms with Crippen LogP contribution in [0.1, 0.15) is 29.2 Å². The predicted octanol–water partition coefficient (Wildman–Crippen LogP) is 3.53. The molecule has 2 aromatic carbocycles. The number of fused-ring (bicyclic) bond motifs is 1. The quantitative estimate of drug-likeness (QED) is 0.938. The molecule has 0 saturated carbocycles. The first-order chi connectivity index (χ1) is 10.2. The Morgan fingerprint density at radius 3 is 2.81 bits per heavy atom. The van der Waals surface area contributed by atoms with Crippen molar-refractivity contribution in [3.05, 3.63) is 64.7 Å². The monoisotopic (exact) mass is 289 g/mol. The van der Waals surface area contributed by atoms with Crippen LogP contribution in [0.15, 0.2) is 36.4 Å². The topological polar surface area (TPSA) is 35.2 Å². The number of hydrogen-bond donors (Lipinski definition) is 1. The SMILES string of the molecule is NC(Cc1cccc(F)c1F)c1cccc2c1OCCC2. The van der Waals surface area contributed by atoms with Crippen LogP contribution in [0.25, 0.3) is 0 Å². The van der Waals surface area contributed by atoms with E-state index in [0.717, 1.165) is 35.8 Å². The molecule has 0 saturated heterocycles. The van der Waals surface area contributed by atoms with Gasteiger partial charge < -0.3 is 10.5 Å². The molecular formula is C17H17F2NO. The van der Waals surface area contributed by atoms with E-state index in [9.17, 15) is 8.78 Å². The van der Waals surface area contributed by atoms with Gasteiger partial charge in [0, 0.05) is 11.6 Å². The maximum Gasteiger partial charge on any atom is 0.162 e. The standard InChI is InChI=1S/C17H17F2NO/c18-14-8-2-5-12(16(14)19)10-15(20)13-7-1-4-11-6-3-9-21-17(11)13/h1-2,4-5,7-8,15H,3,6,9-10,20H2. The van der Waals surface area contributed by atoms with Gasteiger partial charge in [-0.1, -0.05) is 30.3 Å². The van der Waals surface area contributed by atoms with Gasteiger partial charge in [0.1, 0.15) is 5.75 Å².